The highest BCUT2D eigenvalue weighted by molar-refractivity contribution is 7.91. The molecule has 4 rings (SSSR count). The van der Waals surface area contributed by atoms with Crippen LogP contribution < -0.4 is 16.0 Å². The summed E-state index contributed by atoms with van der Waals surface area (Å²) in [6.45, 7) is 1.19. The summed E-state index contributed by atoms with van der Waals surface area (Å²) in [4.78, 5) is 20.1. The number of urea groups is 1. The van der Waals surface area contributed by atoms with Gasteiger partial charge in [0.2, 0.25) is 5.95 Å². The average Bonchev–Trinajstić information content (AvgIpc) is 3.26. The summed E-state index contributed by atoms with van der Waals surface area (Å²) in [7, 11) is -3.12. The van der Waals surface area contributed by atoms with Gasteiger partial charge in [-0.25, -0.2) is 32.0 Å². The van der Waals surface area contributed by atoms with Crippen LogP contribution in [0.15, 0.2) is 28.9 Å². The first-order chi connectivity index (χ1) is 16.3. The van der Waals surface area contributed by atoms with Gasteiger partial charge in [0.15, 0.2) is 27.3 Å². The molecule has 0 unspecified atom stereocenters. The molecule has 1 fully saturated rings. The van der Waals surface area contributed by atoms with Gasteiger partial charge >= 0.3 is 12.2 Å². The molecule has 0 saturated carbocycles. The maximum atomic E-state index is 14.0. The highest BCUT2D eigenvalue weighted by atomic mass is 32.2. The van der Waals surface area contributed by atoms with E-state index in [9.17, 15) is 35.2 Å². The molecule has 1 aliphatic rings. The van der Waals surface area contributed by atoms with Gasteiger partial charge in [-0.1, -0.05) is 0 Å². The molecule has 1 aliphatic heterocycles. The molecule has 1 saturated heterocycles. The Morgan fingerprint density at radius 1 is 1.20 bits per heavy atom. The first-order valence-electron chi connectivity index (χ1n) is 10.1. The number of nitrogens with one attached hydrogen (secondary N) is 3. The molecule has 0 bridgehead atoms. The molecule has 2 aromatic heterocycles. The van der Waals surface area contributed by atoms with Crippen LogP contribution in [0.25, 0.3) is 11.0 Å². The van der Waals surface area contributed by atoms with E-state index in [-0.39, 0.29) is 40.1 Å². The zero-order valence-electron chi connectivity index (χ0n) is 17.9. The van der Waals surface area contributed by atoms with Crippen molar-refractivity contribution < 1.29 is 39.6 Å². The highest BCUT2D eigenvalue weighted by Crippen LogP contribution is 2.39. The van der Waals surface area contributed by atoms with Gasteiger partial charge in [-0.3, -0.25) is 0 Å². The van der Waals surface area contributed by atoms with Crippen LogP contribution in [0.3, 0.4) is 0 Å². The number of aryl methyl sites for hydroxylation is 1. The fourth-order valence-electron chi connectivity index (χ4n) is 3.69. The summed E-state index contributed by atoms with van der Waals surface area (Å²) >= 11 is 0. The molecule has 3 aromatic rings. The van der Waals surface area contributed by atoms with Gasteiger partial charge in [0.05, 0.1) is 29.6 Å². The molecule has 188 valence electrons. The predicted octanol–water partition coefficient (Wildman–Crippen LogP) is 3.83. The minimum Gasteiger partial charge on any atom is -0.455 e. The average molecular weight is 519 g/mol. The van der Waals surface area contributed by atoms with Crippen LogP contribution in [0.1, 0.15) is 23.8 Å². The Labute approximate surface area is 195 Å². The number of anilines is 2. The number of amides is 2. The third-order valence-electron chi connectivity index (χ3n) is 5.33. The zero-order chi connectivity index (χ0) is 25.5. The number of rotatable bonds is 5. The molecule has 0 spiro atoms. The maximum Gasteiger partial charge on any atom is 0.416 e. The molecular weight excluding hydrogens is 501 g/mol. The van der Waals surface area contributed by atoms with Gasteiger partial charge in [0, 0.05) is 23.1 Å². The molecule has 2 atom stereocenters. The van der Waals surface area contributed by atoms with Crippen LogP contribution in [0.5, 0.6) is 0 Å². The van der Waals surface area contributed by atoms with Crippen LogP contribution in [-0.2, 0) is 9.84 Å². The van der Waals surface area contributed by atoms with E-state index in [1.165, 1.54) is 6.92 Å². The lowest BCUT2D eigenvalue weighted by atomic mass is 10.1. The third-order valence-corrected chi connectivity index (χ3v) is 7.10. The summed E-state index contributed by atoms with van der Waals surface area (Å²) < 4.78 is 96.8. The standard InChI is InChI=1S/C20H18F5N5O4S/c1-9-13-4-10(21)5-14(22)16(13)34-15(9)17(20(23,24)25)30-19(31)29-12-6-26-18(27-7-12)28-11-2-3-35(32,33)8-11/h4-7,11,17H,2-3,8H2,1H3,(H,26,27,28)(H2,29,30,31)/t11-,17+/m1/s1. The second-order valence-corrected chi connectivity index (χ2v) is 10.2. The fourth-order valence-corrected chi connectivity index (χ4v) is 5.36. The maximum absolute atomic E-state index is 14.0. The van der Waals surface area contributed by atoms with Crippen molar-refractivity contribution in [2.45, 2.75) is 31.6 Å². The number of hydrogen-bond acceptors (Lipinski definition) is 7. The Balaban J connectivity index is 1.48. The van der Waals surface area contributed by atoms with Gasteiger partial charge in [0.1, 0.15) is 11.6 Å². The van der Waals surface area contributed by atoms with Crippen molar-refractivity contribution in [2.24, 2.45) is 0 Å². The topological polar surface area (TPSA) is 126 Å². The zero-order valence-corrected chi connectivity index (χ0v) is 18.7. The number of halogens is 5. The van der Waals surface area contributed by atoms with E-state index < -0.39 is 51.1 Å². The molecule has 35 heavy (non-hydrogen) atoms. The smallest absolute Gasteiger partial charge is 0.416 e. The van der Waals surface area contributed by atoms with E-state index in [1.54, 1.807) is 5.32 Å². The normalized spacial score (nSPS) is 18.4. The lowest BCUT2D eigenvalue weighted by Gasteiger charge is -2.20. The van der Waals surface area contributed by atoms with E-state index in [1.807, 2.05) is 0 Å². The first kappa shape index (κ1) is 24.6. The summed E-state index contributed by atoms with van der Waals surface area (Å²) in [6, 6.07) is -3.02. The van der Waals surface area contributed by atoms with Crippen molar-refractivity contribution in [3.05, 3.63) is 47.5 Å². The van der Waals surface area contributed by atoms with E-state index in [4.69, 9.17) is 4.42 Å². The summed E-state index contributed by atoms with van der Waals surface area (Å²) in [5.41, 5.74) is -0.807. The molecule has 0 radical (unpaired) electrons. The Bertz CT molecular complexity index is 1380. The van der Waals surface area contributed by atoms with Gasteiger partial charge in [-0.15, -0.1) is 0 Å². The number of nitrogens with zero attached hydrogens (tertiary/aromatic N) is 2. The number of aromatic nitrogens is 2. The molecule has 1 aromatic carbocycles. The van der Waals surface area contributed by atoms with Crippen molar-refractivity contribution in [1.29, 1.82) is 0 Å². The van der Waals surface area contributed by atoms with Gasteiger partial charge in [-0.2, -0.15) is 13.2 Å². The summed E-state index contributed by atoms with van der Waals surface area (Å²) in [5, 5.41) is 6.50. The van der Waals surface area contributed by atoms with E-state index in [0.29, 0.717) is 12.5 Å². The van der Waals surface area contributed by atoms with E-state index in [2.05, 4.69) is 20.6 Å². The number of hydrogen-bond donors (Lipinski definition) is 3. The number of alkyl halides is 3. The number of benzene rings is 1. The molecule has 3 N–H and O–H groups in total. The van der Waals surface area contributed by atoms with Crippen LogP contribution in [0.4, 0.5) is 38.4 Å². The largest absolute Gasteiger partial charge is 0.455 e. The Morgan fingerprint density at radius 2 is 1.89 bits per heavy atom. The SMILES string of the molecule is Cc1c([C@H](NC(=O)Nc2cnc(N[C@@H]3CCS(=O)(=O)C3)nc2)C(F)(F)F)oc2c(F)cc(F)cc12. The second-order valence-electron chi connectivity index (χ2n) is 7.97. The Kier molecular flexibility index (Phi) is 6.29. The molecule has 0 aliphatic carbocycles. The van der Waals surface area contributed by atoms with Crippen molar-refractivity contribution in [3.8, 4) is 0 Å². The minimum absolute atomic E-state index is 0.0388. The lowest BCUT2D eigenvalue weighted by Crippen LogP contribution is -2.40. The van der Waals surface area contributed by atoms with Crippen LogP contribution >= 0.6 is 0 Å². The van der Waals surface area contributed by atoms with E-state index in [0.717, 1.165) is 18.5 Å². The van der Waals surface area contributed by atoms with Gasteiger partial charge in [0.25, 0.3) is 0 Å². The van der Waals surface area contributed by atoms with Crippen LogP contribution in [-0.4, -0.2) is 48.1 Å². The molecule has 15 heteroatoms. The van der Waals surface area contributed by atoms with Crippen molar-refractivity contribution in [1.82, 2.24) is 15.3 Å². The van der Waals surface area contributed by atoms with Gasteiger partial charge in [-0.05, 0) is 19.4 Å². The van der Waals surface area contributed by atoms with Crippen molar-refractivity contribution in [2.75, 3.05) is 22.1 Å². The van der Waals surface area contributed by atoms with Gasteiger partial charge < -0.3 is 20.4 Å². The molecular formula is C20H18F5N5O4S. The fraction of sp³-hybridized carbons (Fsp3) is 0.350. The van der Waals surface area contributed by atoms with Crippen LogP contribution in [0.2, 0.25) is 0 Å². The second kappa shape index (κ2) is 8.94. The van der Waals surface area contributed by atoms with Crippen molar-refractivity contribution >= 4 is 38.5 Å². The molecule has 3 heterocycles. The Morgan fingerprint density at radius 3 is 2.49 bits per heavy atom. The monoisotopic (exact) mass is 519 g/mol. The Hall–Kier alpha value is -3.49. The molecule has 2 amide bonds. The van der Waals surface area contributed by atoms with E-state index >= 15 is 0 Å². The quantitative estimate of drug-likeness (QED) is 0.438. The van der Waals surface area contributed by atoms with Crippen LogP contribution in [0, 0.1) is 18.6 Å². The minimum atomic E-state index is -5.03. The lowest BCUT2D eigenvalue weighted by molar-refractivity contribution is -0.158. The summed E-state index contributed by atoms with van der Waals surface area (Å²) in [5.74, 6) is -2.92. The predicted molar refractivity (Wildman–Crippen MR) is 115 cm³/mol. The number of sulfone groups is 1. The highest BCUT2D eigenvalue weighted by Gasteiger charge is 2.45. The van der Waals surface area contributed by atoms with Crippen molar-refractivity contribution in [3.63, 3.8) is 0 Å². The molecule has 9 nitrogen and oxygen atoms in total. The number of fused-ring (bicyclic) bond motifs is 1. The first-order valence-corrected chi connectivity index (χ1v) is 12.0. The summed E-state index contributed by atoms with van der Waals surface area (Å²) in [6.07, 6.45) is -2.42. The number of carbonyl (C=O) groups excluding carboxylic acids is 1. The number of furan rings is 1. The third kappa shape index (κ3) is 5.44. The number of carbonyl (C=O) groups is 1.